The van der Waals surface area contributed by atoms with Crippen LogP contribution in [0.25, 0.3) is 6.08 Å². The summed E-state index contributed by atoms with van der Waals surface area (Å²) in [6, 6.07) is 8.05. The predicted molar refractivity (Wildman–Crippen MR) is 65.4 cm³/mol. The van der Waals surface area contributed by atoms with Crippen LogP contribution in [-0.4, -0.2) is 11.7 Å². The van der Waals surface area contributed by atoms with Gasteiger partial charge in [-0.1, -0.05) is 36.5 Å². The maximum atomic E-state index is 4.54. The van der Waals surface area contributed by atoms with Gasteiger partial charge in [0.15, 0.2) is 0 Å². The molecule has 1 aliphatic rings. The number of hydrogen-bond donors (Lipinski definition) is 2. The number of benzene rings is 1. The predicted octanol–water partition coefficient (Wildman–Crippen LogP) is 2.01. The Hall–Kier alpha value is -1.68. The van der Waals surface area contributed by atoms with E-state index in [9.17, 15) is 0 Å². The van der Waals surface area contributed by atoms with Crippen LogP contribution >= 0.6 is 12.2 Å². The Morgan fingerprint density at radius 2 is 2.07 bits per heavy atom. The first-order valence-electron chi connectivity index (χ1n) is 4.08. The van der Waals surface area contributed by atoms with E-state index in [1.54, 1.807) is 6.21 Å². The average Bonchev–Trinajstić information content (AvgIpc) is 2.43. The minimum atomic E-state index is 1.05. The molecule has 4 heteroatoms. The summed E-state index contributed by atoms with van der Waals surface area (Å²) < 4.78 is 0. The number of hydrogen-bond acceptors (Lipinski definition) is 3. The van der Waals surface area contributed by atoms with Crippen molar-refractivity contribution in [1.29, 1.82) is 0 Å². The highest BCUT2D eigenvalue weighted by atomic mass is 32.1. The standard InChI is InChI=1S/C9H8N2.CH3NS/c1-2-6-9-8(4-1)5-3-7-10-11-9;2-1-3/h1-7,11H;1H,(H2,2,3). The molecule has 0 unspecified atom stereocenters. The van der Waals surface area contributed by atoms with Crippen molar-refractivity contribution >= 4 is 35.7 Å². The van der Waals surface area contributed by atoms with Crippen molar-refractivity contribution in [2.45, 2.75) is 0 Å². The molecule has 1 heterocycles. The SMILES string of the molecule is C1=Cc2ccccc2NN=C1.NC=S. The molecule has 3 nitrogen and oxygen atoms in total. The van der Waals surface area contributed by atoms with Crippen LogP contribution in [0.1, 0.15) is 5.56 Å². The first kappa shape index (κ1) is 10.4. The molecule has 0 bridgehead atoms. The summed E-state index contributed by atoms with van der Waals surface area (Å²) >= 11 is 4.05. The molecule has 3 N–H and O–H groups in total. The Morgan fingerprint density at radius 1 is 1.36 bits per heavy atom. The van der Waals surface area contributed by atoms with Crippen molar-refractivity contribution in [3.63, 3.8) is 0 Å². The third-order valence-corrected chi connectivity index (χ3v) is 1.58. The lowest BCUT2D eigenvalue weighted by atomic mass is 10.2. The van der Waals surface area contributed by atoms with Crippen molar-refractivity contribution < 1.29 is 0 Å². The molecule has 1 aromatic carbocycles. The Balaban J connectivity index is 0.000000293. The quantitative estimate of drug-likeness (QED) is 0.637. The average molecular weight is 205 g/mol. The highest BCUT2D eigenvalue weighted by molar-refractivity contribution is 7.78. The number of anilines is 1. The molecule has 0 spiro atoms. The van der Waals surface area contributed by atoms with Crippen LogP contribution in [0, 0.1) is 0 Å². The van der Waals surface area contributed by atoms with Gasteiger partial charge in [0.05, 0.1) is 11.2 Å². The zero-order chi connectivity index (χ0) is 10.2. The molecule has 1 aliphatic heterocycles. The van der Waals surface area contributed by atoms with Gasteiger partial charge in [-0.05, 0) is 17.7 Å². The van der Waals surface area contributed by atoms with Crippen molar-refractivity contribution in [2.75, 3.05) is 5.43 Å². The number of fused-ring (bicyclic) bond motifs is 1. The van der Waals surface area contributed by atoms with Crippen molar-refractivity contribution in [3.8, 4) is 0 Å². The second-order valence-corrected chi connectivity index (χ2v) is 2.74. The molecule has 0 amide bonds. The number of para-hydroxylation sites is 1. The molecular formula is C10H11N3S. The van der Waals surface area contributed by atoms with Gasteiger partial charge in [-0.15, -0.1) is 0 Å². The lowest BCUT2D eigenvalue weighted by Gasteiger charge is -2.00. The highest BCUT2D eigenvalue weighted by Gasteiger charge is 1.96. The summed E-state index contributed by atoms with van der Waals surface area (Å²) in [5.41, 5.74) is 10.8. The van der Waals surface area contributed by atoms with Crippen LogP contribution in [0.5, 0.6) is 0 Å². The van der Waals surface area contributed by atoms with E-state index in [0.29, 0.717) is 0 Å². The van der Waals surface area contributed by atoms with Crippen molar-refractivity contribution in [1.82, 2.24) is 0 Å². The molecule has 0 saturated carbocycles. The van der Waals surface area contributed by atoms with Crippen LogP contribution in [0.15, 0.2) is 35.4 Å². The Kier molecular flexibility index (Phi) is 4.37. The van der Waals surface area contributed by atoms with E-state index >= 15 is 0 Å². The van der Waals surface area contributed by atoms with Crippen LogP contribution in [0.3, 0.4) is 0 Å². The zero-order valence-corrected chi connectivity index (χ0v) is 8.37. The van der Waals surface area contributed by atoms with Crippen LogP contribution < -0.4 is 11.2 Å². The number of allylic oxidation sites excluding steroid dienone is 1. The van der Waals surface area contributed by atoms with Gasteiger partial charge in [-0.3, -0.25) is 5.43 Å². The van der Waals surface area contributed by atoms with E-state index in [-0.39, 0.29) is 0 Å². The third kappa shape index (κ3) is 2.99. The summed E-state index contributed by atoms with van der Waals surface area (Å²) in [4.78, 5) is 0. The summed E-state index contributed by atoms with van der Waals surface area (Å²) in [6.07, 6.45) is 5.68. The van der Waals surface area contributed by atoms with Gasteiger partial charge in [0.25, 0.3) is 0 Å². The van der Waals surface area contributed by atoms with Crippen molar-refractivity contribution in [2.24, 2.45) is 10.8 Å². The Labute approximate surface area is 88.3 Å². The third-order valence-electron chi connectivity index (χ3n) is 1.58. The topological polar surface area (TPSA) is 50.4 Å². The van der Waals surface area contributed by atoms with E-state index in [2.05, 4.69) is 28.5 Å². The molecule has 72 valence electrons. The van der Waals surface area contributed by atoms with E-state index < -0.39 is 0 Å². The molecule has 14 heavy (non-hydrogen) atoms. The minimum absolute atomic E-state index is 1.05. The molecule has 0 saturated heterocycles. The molecular weight excluding hydrogens is 194 g/mol. The van der Waals surface area contributed by atoms with E-state index in [1.165, 1.54) is 5.56 Å². The van der Waals surface area contributed by atoms with Crippen molar-refractivity contribution in [3.05, 3.63) is 35.9 Å². The fourth-order valence-electron chi connectivity index (χ4n) is 1.04. The molecule has 0 atom stereocenters. The van der Waals surface area contributed by atoms with E-state index in [1.807, 2.05) is 36.4 Å². The number of nitrogens with zero attached hydrogens (tertiary/aromatic N) is 1. The van der Waals surface area contributed by atoms with Crippen LogP contribution in [0.2, 0.25) is 0 Å². The lowest BCUT2D eigenvalue weighted by Crippen LogP contribution is -1.87. The van der Waals surface area contributed by atoms with Gasteiger partial charge in [0, 0.05) is 6.21 Å². The van der Waals surface area contributed by atoms with Gasteiger partial charge >= 0.3 is 0 Å². The number of hydrazone groups is 1. The minimum Gasteiger partial charge on any atom is -0.396 e. The maximum Gasteiger partial charge on any atom is 0.0634 e. The van der Waals surface area contributed by atoms with Gasteiger partial charge in [0.2, 0.25) is 0 Å². The molecule has 1 aromatic rings. The fraction of sp³-hybridized carbons (Fsp3) is 0. The van der Waals surface area contributed by atoms with Crippen LogP contribution in [0.4, 0.5) is 5.69 Å². The summed E-state index contributed by atoms with van der Waals surface area (Å²) in [5.74, 6) is 0. The smallest absolute Gasteiger partial charge is 0.0634 e. The summed E-state index contributed by atoms with van der Waals surface area (Å²) in [6.45, 7) is 0. The first-order valence-corrected chi connectivity index (χ1v) is 4.55. The lowest BCUT2D eigenvalue weighted by molar-refractivity contribution is 1.36. The molecule has 0 radical (unpaired) electrons. The van der Waals surface area contributed by atoms with E-state index in [0.717, 1.165) is 11.2 Å². The molecule has 0 aliphatic carbocycles. The maximum absolute atomic E-state index is 4.54. The number of nitrogens with one attached hydrogen (secondary N) is 1. The Bertz CT molecular complexity index is 358. The molecule has 0 aromatic heterocycles. The normalized spacial score (nSPS) is 11.4. The summed E-state index contributed by atoms with van der Waals surface area (Å²) in [7, 11) is 0. The monoisotopic (exact) mass is 205 g/mol. The van der Waals surface area contributed by atoms with E-state index in [4.69, 9.17) is 0 Å². The summed E-state index contributed by atoms with van der Waals surface area (Å²) in [5, 5.41) is 3.95. The van der Waals surface area contributed by atoms with Gasteiger partial charge in [0.1, 0.15) is 0 Å². The second kappa shape index (κ2) is 5.88. The highest BCUT2D eigenvalue weighted by Crippen LogP contribution is 2.17. The zero-order valence-electron chi connectivity index (χ0n) is 7.55. The fourth-order valence-corrected chi connectivity index (χ4v) is 1.04. The number of thiocarbonyl (C=S) groups is 1. The van der Waals surface area contributed by atoms with Gasteiger partial charge in [-0.25, -0.2) is 0 Å². The second-order valence-electron chi connectivity index (χ2n) is 2.47. The van der Waals surface area contributed by atoms with Gasteiger partial charge < -0.3 is 5.73 Å². The van der Waals surface area contributed by atoms with Gasteiger partial charge in [-0.2, -0.15) is 5.10 Å². The first-order chi connectivity index (χ1) is 6.88. The van der Waals surface area contributed by atoms with Crippen LogP contribution in [-0.2, 0) is 0 Å². The largest absolute Gasteiger partial charge is 0.396 e. The Morgan fingerprint density at radius 3 is 2.86 bits per heavy atom. The molecule has 2 rings (SSSR count). The number of nitrogens with two attached hydrogens (primary N) is 1. The molecule has 0 fully saturated rings. The number of rotatable bonds is 0.